The average molecular weight is 324 g/mol. The molecule has 0 aliphatic heterocycles. The van der Waals surface area contributed by atoms with Gasteiger partial charge >= 0.3 is 14.2 Å². The molecule has 4 rings (SSSR count). The fraction of sp³-hybridized carbons (Fsp3) is 0. The van der Waals surface area contributed by atoms with E-state index in [-0.39, 0.29) is 0 Å². The van der Waals surface area contributed by atoms with Crippen LogP contribution in [0.1, 0.15) is 0 Å². The highest BCUT2D eigenvalue weighted by molar-refractivity contribution is 6.62. The molecule has 0 unspecified atom stereocenters. The highest BCUT2D eigenvalue weighted by Gasteiger charge is 2.17. The van der Waals surface area contributed by atoms with Gasteiger partial charge in [-0.05, 0) is 12.1 Å². The smallest absolute Gasteiger partial charge is 0.465 e. The first-order valence-electron chi connectivity index (χ1n) is 7.22. The third-order valence-electron chi connectivity index (χ3n) is 3.58. The van der Waals surface area contributed by atoms with E-state index in [1.54, 1.807) is 24.3 Å². The highest BCUT2D eigenvalue weighted by Crippen LogP contribution is 2.12. The Morgan fingerprint density at radius 2 is 0.958 bits per heavy atom. The maximum absolute atomic E-state index is 8.91. The monoisotopic (exact) mass is 324 g/mol. The van der Waals surface area contributed by atoms with E-state index in [9.17, 15) is 0 Å². The number of hydrogen-bond acceptors (Lipinski definition) is 6. The Morgan fingerprint density at radius 3 is 1.33 bits per heavy atom. The van der Waals surface area contributed by atoms with Gasteiger partial charge in [-0.1, -0.05) is 36.4 Å². The zero-order chi connectivity index (χ0) is 17.1. The molecule has 0 atom stereocenters. The third kappa shape index (κ3) is 3.22. The fourth-order valence-corrected chi connectivity index (χ4v) is 2.40. The Kier molecular flexibility index (Phi) is 4.73. The van der Waals surface area contributed by atoms with E-state index in [2.05, 4.69) is 0 Å². The molecule has 8 heteroatoms. The molecule has 2 aromatic carbocycles. The maximum Gasteiger partial charge on any atom is 0.492 e. The summed E-state index contributed by atoms with van der Waals surface area (Å²) in [6, 6.07) is 14.4. The summed E-state index contributed by atoms with van der Waals surface area (Å²) < 4.78 is 10.2. The molecule has 0 amide bonds. The first-order chi connectivity index (χ1) is 11.6. The summed E-state index contributed by atoms with van der Waals surface area (Å²) in [5, 5.41) is 37.1. The Balaban J connectivity index is 0.000000141. The predicted molar refractivity (Wildman–Crippen MR) is 92.1 cm³/mol. The molecule has 0 spiro atoms. The van der Waals surface area contributed by atoms with Gasteiger partial charge in [0.05, 0.1) is 12.5 Å². The summed E-state index contributed by atoms with van der Waals surface area (Å²) in [5.74, 6) is 0. The largest absolute Gasteiger partial charge is 0.492 e. The van der Waals surface area contributed by atoms with Gasteiger partial charge in [0.15, 0.2) is 0 Å². The van der Waals surface area contributed by atoms with Crippen LogP contribution < -0.4 is 10.9 Å². The van der Waals surface area contributed by atoms with Crippen molar-refractivity contribution in [3.05, 3.63) is 61.1 Å². The minimum Gasteiger partial charge on any atom is -0.465 e. The standard InChI is InChI=1S/2C8H7BO3/c2*10-9(11)7-5-12-8-4-2-1-3-6(7)8/h2*1-5,10-11H. The summed E-state index contributed by atoms with van der Waals surface area (Å²) in [6.45, 7) is 0. The van der Waals surface area contributed by atoms with Crippen molar-refractivity contribution in [3.63, 3.8) is 0 Å². The van der Waals surface area contributed by atoms with Gasteiger partial charge in [-0.15, -0.1) is 0 Å². The van der Waals surface area contributed by atoms with Crippen LogP contribution in [0.4, 0.5) is 0 Å². The van der Waals surface area contributed by atoms with Gasteiger partial charge in [-0.3, -0.25) is 0 Å². The van der Waals surface area contributed by atoms with Crippen molar-refractivity contribution < 1.29 is 28.9 Å². The van der Waals surface area contributed by atoms with Crippen molar-refractivity contribution in [2.45, 2.75) is 0 Å². The quantitative estimate of drug-likeness (QED) is 0.393. The predicted octanol–water partition coefficient (Wildman–Crippen LogP) is 0.225. The van der Waals surface area contributed by atoms with Crippen molar-refractivity contribution in [1.29, 1.82) is 0 Å². The lowest BCUT2D eigenvalue weighted by molar-refractivity contribution is 0.424. The van der Waals surface area contributed by atoms with Crippen molar-refractivity contribution in [3.8, 4) is 0 Å². The highest BCUT2D eigenvalue weighted by atomic mass is 16.4. The van der Waals surface area contributed by atoms with Crippen LogP contribution in [0, 0.1) is 0 Å². The van der Waals surface area contributed by atoms with Crippen LogP contribution in [-0.2, 0) is 0 Å². The van der Waals surface area contributed by atoms with Gasteiger partial charge in [0.25, 0.3) is 0 Å². The lowest BCUT2D eigenvalue weighted by atomic mass is 9.80. The van der Waals surface area contributed by atoms with Crippen molar-refractivity contribution in [2.75, 3.05) is 0 Å². The average Bonchev–Trinajstić information content (AvgIpc) is 3.19. The molecule has 0 aliphatic rings. The lowest BCUT2D eigenvalue weighted by Gasteiger charge is -1.92. The van der Waals surface area contributed by atoms with Crippen LogP contribution in [0.3, 0.4) is 0 Å². The van der Waals surface area contributed by atoms with Crippen molar-refractivity contribution >= 4 is 47.1 Å². The zero-order valence-electron chi connectivity index (χ0n) is 12.5. The van der Waals surface area contributed by atoms with E-state index in [1.165, 1.54) is 12.5 Å². The molecular weight excluding hydrogens is 310 g/mol. The molecule has 24 heavy (non-hydrogen) atoms. The Hall–Kier alpha value is -2.51. The summed E-state index contributed by atoms with van der Waals surface area (Å²) in [6.07, 6.45) is 2.71. The Bertz CT molecular complexity index is 866. The second-order valence-electron chi connectivity index (χ2n) is 5.12. The minimum atomic E-state index is -1.46. The van der Waals surface area contributed by atoms with Crippen LogP contribution in [-0.4, -0.2) is 34.3 Å². The summed E-state index contributed by atoms with van der Waals surface area (Å²) in [4.78, 5) is 0. The fourth-order valence-electron chi connectivity index (χ4n) is 2.40. The van der Waals surface area contributed by atoms with Gasteiger partial charge in [0.1, 0.15) is 11.2 Å². The zero-order valence-corrected chi connectivity index (χ0v) is 12.5. The van der Waals surface area contributed by atoms with Crippen LogP contribution in [0.2, 0.25) is 0 Å². The van der Waals surface area contributed by atoms with Gasteiger partial charge < -0.3 is 28.9 Å². The van der Waals surface area contributed by atoms with E-state index in [4.69, 9.17) is 28.9 Å². The minimum absolute atomic E-state index is 0.408. The molecule has 2 heterocycles. The summed E-state index contributed by atoms with van der Waals surface area (Å²) in [5.41, 5.74) is 2.15. The van der Waals surface area contributed by atoms with Gasteiger partial charge in [-0.2, -0.15) is 0 Å². The first kappa shape index (κ1) is 16.4. The Labute approximate surface area is 137 Å². The number of para-hydroxylation sites is 2. The van der Waals surface area contributed by atoms with Gasteiger partial charge in [0, 0.05) is 21.7 Å². The number of hydrogen-bond donors (Lipinski definition) is 4. The number of furan rings is 2. The molecule has 4 aromatic rings. The number of benzene rings is 2. The van der Waals surface area contributed by atoms with Gasteiger partial charge in [0.2, 0.25) is 0 Å². The first-order valence-corrected chi connectivity index (χ1v) is 7.22. The van der Waals surface area contributed by atoms with E-state index in [1.807, 2.05) is 24.3 Å². The molecule has 0 fully saturated rings. The Morgan fingerprint density at radius 1 is 0.583 bits per heavy atom. The second kappa shape index (κ2) is 6.94. The molecular formula is C16H14B2O6. The van der Waals surface area contributed by atoms with Crippen LogP contribution in [0.5, 0.6) is 0 Å². The molecule has 0 bridgehead atoms. The van der Waals surface area contributed by atoms with E-state index in [0.29, 0.717) is 22.1 Å². The molecule has 0 radical (unpaired) electrons. The van der Waals surface area contributed by atoms with E-state index >= 15 is 0 Å². The number of fused-ring (bicyclic) bond motifs is 2. The van der Waals surface area contributed by atoms with Gasteiger partial charge in [-0.25, -0.2) is 0 Å². The van der Waals surface area contributed by atoms with E-state index < -0.39 is 14.2 Å². The summed E-state index contributed by atoms with van der Waals surface area (Å²) >= 11 is 0. The van der Waals surface area contributed by atoms with E-state index in [0.717, 1.165) is 10.8 Å². The second-order valence-corrected chi connectivity index (χ2v) is 5.12. The topological polar surface area (TPSA) is 107 Å². The third-order valence-corrected chi connectivity index (χ3v) is 3.58. The van der Waals surface area contributed by atoms with Crippen LogP contribution >= 0.6 is 0 Å². The van der Waals surface area contributed by atoms with Crippen molar-refractivity contribution in [2.24, 2.45) is 0 Å². The molecule has 4 N–H and O–H groups in total. The maximum atomic E-state index is 8.91. The number of rotatable bonds is 2. The summed E-state index contributed by atoms with van der Waals surface area (Å²) in [7, 11) is -2.93. The molecule has 2 aromatic heterocycles. The molecule has 0 saturated heterocycles. The molecule has 120 valence electrons. The molecule has 0 aliphatic carbocycles. The van der Waals surface area contributed by atoms with Crippen molar-refractivity contribution in [1.82, 2.24) is 0 Å². The lowest BCUT2D eigenvalue weighted by Crippen LogP contribution is -2.28. The molecule has 6 nitrogen and oxygen atoms in total. The normalized spacial score (nSPS) is 10.5. The SMILES string of the molecule is OB(O)c1coc2ccccc12.OB(O)c1coc2ccccc12. The van der Waals surface area contributed by atoms with Crippen LogP contribution in [0.15, 0.2) is 69.9 Å². The van der Waals surface area contributed by atoms with Crippen LogP contribution in [0.25, 0.3) is 21.9 Å². The molecule has 0 saturated carbocycles.